The van der Waals surface area contributed by atoms with Gasteiger partial charge in [-0.25, -0.2) is 0 Å². The van der Waals surface area contributed by atoms with Crippen LogP contribution in [0.1, 0.15) is 0 Å². The van der Waals surface area contributed by atoms with Gasteiger partial charge in [-0.1, -0.05) is 140 Å². The molecule has 0 unspecified atom stereocenters. The minimum absolute atomic E-state index is 1.11. The van der Waals surface area contributed by atoms with E-state index in [1.54, 1.807) is 0 Å². The minimum Gasteiger partial charge on any atom is -0.264 e. The number of aromatic nitrogens is 2. The Bertz CT molecular complexity index is 2560. The molecule has 0 amide bonds. The van der Waals surface area contributed by atoms with Gasteiger partial charge in [-0.15, -0.1) is 11.3 Å². The molecule has 0 aliphatic rings. The molecule has 3 heterocycles. The molecule has 3 aromatic heterocycles. The van der Waals surface area contributed by atoms with Gasteiger partial charge in [0, 0.05) is 50.5 Å². The minimum atomic E-state index is 1.11. The van der Waals surface area contributed by atoms with Crippen molar-refractivity contribution < 1.29 is 0 Å². The van der Waals surface area contributed by atoms with E-state index in [1.807, 2.05) is 48.3 Å². The van der Waals surface area contributed by atoms with E-state index in [-0.39, 0.29) is 0 Å². The van der Waals surface area contributed by atoms with Crippen molar-refractivity contribution in [3.05, 3.63) is 183 Å². The summed E-state index contributed by atoms with van der Waals surface area (Å²) in [6.45, 7) is 0. The number of nitrogens with zero attached hydrogens (tertiary/aromatic N) is 2. The summed E-state index contributed by atoms with van der Waals surface area (Å²) in [5, 5.41) is 2.59. The second kappa shape index (κ2) is 12.5. The fraction of sp³-hybridized carbons (Fsp3) is 0. The molecular weight excluding hydrogens is 613 g/mol. The predicted octanol–water partition coefficient (Wildman–Crippen LogP) is 12.8. The molecule has 0 aliphatic heterocycles. The second-order valence-corrected chi connectivity index (χ2v) is 13.3. The highest BCUT2D eigenvalue weighted by atomic mass is 32.1. The third-order valence-electron chi connectivity index (χ3n) is 9.32. The van der Waals surface area contributed by atoms with Crippen molar-refractivity contribution >= 4 is 31.5 Å². The van der Waals surface area contributed by atoms with E-state index >= 15 is 0 Å². The first-order valence-corrected chi connectivity index (χ1v) is 17.3. The van der Waals surface area contributed by atoms with Crippen LogP contribution in [0.2, 0.25) is 0 Å². The standard InChI is InChI=1S/C46H30N2S/c1-2-8-34(9-3-1)40-12-4-13-41-42-14-5-15-43(46(42)49-45(40)41)44-28-36(31-16-18-32(19-17-31)37-10-6-26-47-29-37)24-25-39(44)35-22-20-33(21-23-35)38-11-7-27-48-30-38/h1-30H. The van der Waals surface area contributed by atoms with E-state index in [9.17, 15) is 0 Å². The Kier molecular flexibility index (Phi) is 7.38. The van der Waals surface area contributed by atoms with E-state index in [2.05, 4.69) is 156 Å². The van der Waals surface area contributed by atoms with E-state index in [1.165, 1.54) is 64.7 Å². The molecule has 0 atom stereocenters. The summed E-state index contributed by atoms with van der Waals surface area (Å²) in [5.41, 5.74) is 14.3. The highest BCUT2D eigenvalue weighted by molar-refractivity contribution is 7.26. The monoisotopic (exact) mass is 642 g/mol. The zero-order chi connectivity index (χ0) is 32.6. The Morgan fingerprint density at radius 1 is 0.306 bits per heavy atom. The quantitative estimate of drug-likeness (QED) is 0.180. The zero-order valence-electron chi connectivity index (χ0n) is 26.6. The van der Waals surface area contributed by atoms with Gasteiger partial charge in [-0.05, 0) is 79.4 Å². The number of pyridine rings is 2. The van der Waals surface area contributed by atoms with Crippen molar-refractivity contribution in [2.45, 2.75) is 0 Å². The summed E-state index contributed by atoms with van der Waals surface area (Å²) in [4.78, 5) is 8.64. The fourth-order valence-corrected chi connectivity index (χ4v) is 8.20. The van der Waals surface area contributed by atoms with Crippen molar-refractivity contribution in [1.29, 1.82) is 0 Å². The van der Waals surface area contributed by atoms with Gasteiger partial charge in [0.15, 0.2) is 0 Å². The molecule has 9 aromatic rings. The molecule has 0 N–H and O–H groups in total. The summed E-state index contributed by atoms with van der Waals surface area (Å²) < 4.78 is 2.62. The van der Waals surface area contributed by atoms with Crippen molar-refractivity contribution in [2.24, 2.45) is 0 Å². The Morgan fingerprint density at radius 2 is 0.796 bits per heavy atom. The first-order valence-electron chi connectivity index (χ1n) is 16.5. The maximum absolute atomic E-state index is 4.33. The molecule has 0 aliphatic carbocycles. The lowest BCUT2D eigenvalue weighted by Gasteiger charge is -2.15. The number of rotatable bonds is 6. The van der Waals surface area contributed by atoms with Gasteiger partial charge in [-0.3, -0.25) is 9.97 Å². The van der Waals surface area contributed by atoms with Crippen LogP contribution in [0.3, 0.4) is 0 Å². The summed E-state index contributed by atoms with van der Waals surface area (Å²) in [6, 6.07) is 57.0. The van der Waals surface area contributed by atoms with Crippen LogP contribution in [0.5, 0.6) is 0 Å². The van der Waals surface area contributed by atoms with E-state index in [0.717, 1.165) is 22.3 Å². The van der Waals surface area contributed by atoms with Crippen LogP contribution in [0.25, 0.3) is 86.9 Å². The van der Waals surface area contributed by atoms with Crippen LogP contribution in [-0.4, -0.2) is 9.97 Å². The first kappa shape index (κ1) is 29.0. The van der Waals surface area contributed by atoms with E-state index in [4.69, 9.17) is 0 Å². The summed E-state index contributed by atoms with van der Waals surface area (Å²) in [6.07, 6.45) is 7.46. The number of hydrogen-bond acceptors (Lipinski definition) is 3. The Morgan fingerprint density at radius 3 is 1.39 bits per heavy atom. The zero-order valence-corrected chi connectivity index (χ0v) is 27.4. The number of benzene rings is 6. The molecule has 9 rings (SSSR count). The lowest BCUT2D eigenvalue weighted by atomic mass is 9.89. The molecule has 49 heavy (non-hydrogen) atoms. The normalized spacial score (nSPS) is 11.3. The third-order valence-corrected chi connectivity index (χ3v) is 10.6. The van der Waals surface area contributed by atoms with Gasteiger partial charge in [0.05, 0.1) is 0 Å². The lowest BCUT2D eigenvalue weighted by Crippen LogP contribution is -1.89. The van der Waals surface area contributed by atoms with Gasteiger partial charge in [-0.2, -0.15) is 0 Å². The van der Waals surface area contributed by atoms with Crippen LogP contribution in [-0.2, 0) is 0 Å². The average Bonchev–Trinajstić information content (AvgIpc) is 3.58. The van der Waals surface area contributed by atoms with Crippen molar-refractivity contribution in [2.75, 3.05) is 0 Å². The van der Waals surface area contributed by atoms with Crippen LogP contribution >= 0.6 is 11.3 Å². The Labute approximate surface area is 289 Å². The predicted molar refractivity (Wildman–Crippen MR) is 208 cm³/mol. The first-order chi connectivity index (χ1) is 24.3. The van der Waals surface area contributed by atoms with Gasteiger partial charge in [0.1, 0.15) is 0 Å². The molecule has 0 bridgehead atoms. The maximum Gasteiger partial charge on any atom is 0.0434 e. The summed E-state index contributed by atoms with van der Waals surface area (Å²) in [7, 11) is 0. The molecule has 2 nitrogen and oxygen atoms in total. The summed E-state index contributed by atoms with van der Waals surface area (Å²) in [5.74, 6) is 0. The largest absolute Gasteiger partial charge is 0.264 e. The molecule has 230 valence electrons. The SMILES string of the molecule is c1ccc(-c2cccc3c2sc2c(-c4cc(-c5ccc(-c6cccnc6)cc5)ccc4-c4ccc(-c5cccnc5)cc4)cccc23)cc1. The van der Waals surface area contributed by atoms with Gasteiger partial charge < -0.3 is 0 Å². The summed E-state index contributed by atoms with van der Waals surface area (Å²) >= 11 is 1.90. The van der Waals surface area contributed by atoms with Crippen molar-refractivity contribution in [3.63, 3.8) is 0 Å². The molecule has 0 saturated heterocycles. The average molecular weight is 643 g/mol. The van der Waals surface area contributed by atoms with Crippen molar-refractivity contribution in [3.8, 4) is 66.8 Å². The molecule has 0 spiro atoms. The van der Waals surface area contributed by atoms with Crippen LogP contribution in [0, 0.1) is 0 Å². The lowest BCUT2D eigenvalue weighted by molar-refractivity contribution is 1.33. The van der Waals surface area contributed by atoms with Gasteiger partial charge in [0.25, 0.3) is 0 Å². The highest BCUT2D eigenvalue weighted by Crippen LogP contribution is 2.46. The van der Waals surface area contributed by atoms with Crippen LogP contribution < -0.4 is 0 Å². The number of thiophene rings is 1. The van der Waals surface area contributed by atoms with Gasteiger partial charge >= 0.3 is 0 Å². The topological polar surface area (TPSA) is 25.8 Å². The molecule has 6 aromatic carbocycles. The van der Waals surface area contributed by atoms with E-state index in [0.29, 0.717) is 0 Å². The molecule has 3 heteroatoms. The second-order valence-electron chi connectivity index (χ2n) is 12.2. The molecule has 0 radical (unpaired) electrons. The van der Waals surface area contributed by atoms with E-state index < -0.39 is 0 Å². The molecular formula is C46H30N2S. The number of fused-ring (bicyclic) bond motifs is 3. The van der Waals surface area contributed by atoms with Gasteiger partial charge in [0.2, 0.25) is 0 Å². The molecule has 0 saturated carbocycles. The van der Waals surface area contributed by atoms with Crippen LogP contribution in [0.15, 0.2) is 183 Å². The fourth-order valence-electron chi connectivity index (χ4n) is 6.84. The molecule has 0 fully saturated rings. The Balaban J connectivity index is 1.22. The third kappa shape index (κ3) is 5.41. The highest BCUT2D eigenvalue weighted by Gasteiger charge is 2.17. The van der Waals surface area contributed by atoms with Crippen molar-refractivity contribution in [1.82, 2.24) is 9.97 Å². The smallest absolute Gasteiger partial charge is 0.0434 e. The maximum atomic E-state index is 4.33. The van der Waals surface area contributed by atoms with Crippen LogP contribution in [0.4, 0.5) is 0 Å². The number of hydrogen-bond donors (Lipinski definition) is 0. The Hall–Kier alpha value is -6.16.